The average Bonchev–Trinajstić information content (AvgIpc) is 3.08. The predicted octanol–water partition coefficient (Wildman–Crippen LogP) is 2.00. The second kappa shape index (κ2) is 8.07. The molecule has 132 valence electrons. The number of aromatic nitrogens is 3. The van der Waals surface area contributed by atoms with Crippen LogP contribution in [0.4, 0.5) is 4.39 Å². The van der Waals surface area contributed by atoms with E-state index in [-0.39, 0.29) is 12.4 Å². The molecule has 0 atom stereocenters. The smallest absolute Gasteiger partial charge is 0.191 e. The molecule has 0 saturated carbocycles. The maximum atomic E-state index is 13.9. The number of nitrogens with zero attached hydrogens (tertiary/aromatic N) is 5. The third kappa shape index (κ3) is 3.95. The Labute approximate surface area is 150 Å². The van der Waals surface area contributed by atoms with E-state index in [1.165, 1.54) is 18.2 Å². The molecule has 8 heteroatoms. The van der Waals surface area contributed by atoms with Crippen molar-refractivity contribution in [3.8, 4) is 6.07 Å². The SMILES string of the molecule is CCNC(=NCc1cc(C#N)ccc1F)NCc1nnc2ccccn12. The molecule has 0 spiro atoms. The van der Waals surface area contributed by atoms with Gasteiger partial charge < -0.3 is 10.6 Å². The number of nitriles is 1. The number of halogens is 1. The maximum absolute atomic E-state index is 13.9. The van der Waals surface area contributed by atoms with E-state index < -0.39 is 0 Å². The van der Waals surface area contributed by atoms with Crippen LogP contribution in [-0.4, -0.2) is 27.1 Å². The zero-order chi connectivity index (χ0) is 18.4. The van der Waals surface area contributed by atoms with Gasteiger partial charge in [0.1, 0.15) is 5.82 Å². The second-order valence-electron chi connectivity index (χ2n) is 5.51. The number of guanidine groups is 1. The third-order valence-electron chi connectivity index (χ3n) is 3.72. The minimum atomic E-state index is -0.382. The Kier molecular flexibility index (Phi) is 5.39. The molecule has 0 bridgehead atoms. The van der Waals surface area contributed by atoms with Crippen LogP contribution in [0.25, 0.3) is 5.65 Å². The quantitative estimate of drug-likeness (QED) is 0.542. The highest BCUT2D eigenvalue weighted by Crippen LogP contribution is 2.11. The maximum Gasteiger partial charge on any atom is 0.191 e. The number of benzene rings is 1. The summed E-state index contributed by atoms with van der Waals surface area (Å²) < 4.78 is 15.8. The minimum Gasteiger partial charge on any atom is -0.357 e. The van der Waals surface area contributed by atoms with Crippen molar-refractivity contribution in [1.82, 2.24) is 25.2 Å². The molecule has 3 rings (SSSR count). The van der Waals surface area contributed by atoms with Crippen molar-refractivity contribution in [2.75, 3.05) is 6.54 Å². The summed E-state index contributed by atoms with van der Waals surface area (Å²) in [5.41, 5.74) is 1.54. The van der Waals surface area contributed by atoms with Crippen molar-refractivity contribution in [3.63, 3.8) is 0 Å². The summed E-state index contributed by atoms with van der Waals surface area (Å²) in [6.07, 6.45) is 1.89. The van der Waals surface area contributed by atoms with Gasteiger partial charge in [-0.1, -0.05) is 6.07 Å². The lowest BCUT2D eigenvalue weighted by Crippen LogP contribution is -2.37. The Balaban J connectivity index is 1.72. The Morgan fingerprint density at radius 3 is 2.96 bits per heavy atom. The first-order valence-electron chi connectivity index (χ1n) is 8.20. The number of rotatable bonds is 5. The van der Waals surface area contributed by atoms with Crippen molar-refractivity contribution in [3.05, 3.63) is 65.4 Å². The van der Waals surface area contributed by atoms with Gasteiger partial charge >= 0.3 is 0 Å². The van der Waals surface area contributed by atoms with E-state index in [1.807, 2.05) is 41.8 Å². The van der Waals surface area contributed by atoms with Crippen LogP contribution in [0.15, 0.2) is 47.6 Å². The molecule has 3 aromatic rings. The molecule has 0 amide bonds. The fourth-order valence-electron chi connectivity index (χ4n) is 2.45. The zero-order valence-electron chi connectivity index (χ0n) is 14.3. The van der Waals surface area contributed by atoms with E-state index in [1.54, 1.807) is 0 Å². The fourth-order valence-corrected chi connectivity index (χ4v) is 2.45. The summed E-state index contributed by atoms with van der Waals surface area (Å²) in [6, 6.07) is 11.9. The van der Waals surface area contributed by atoms with Crippen LogP contribution in [0.5, 0.6) is 0 Å². The van der Waals surface area contributed by atoms with Crippen LogP contribution in [0.2, 0.25) is 0 Å². The molecule has 0 aliphatic rings. The van der Waals surface area contributed by atoms with E-state index in [0.29, 0.717) is 30.2 Å². The first-order valence-corrected chi connectivity index (χ1v) is 8.20. The van der Waals surface area contributed by atoms with Crippen molar-refractivity contribution < 1.29 is 4.39 Å². The van der Waals surface area contributed by atoms with Crippen LogP contribution in [0, 0.1) is 17.1 Å². The summed E-state index contributed by atoms with van der Waals surface area (Å²) in [5.74, 6) is 0.887. The highest BCUT2D eigenvalue weighted by molar-refractivity contribution is 5.79. The highest BCUT2D eigenvalue weighted by Gasteiger charge is 2.07. The number of hydrogen-bond donors (Lipinski definition) is 2. The average molecular weight is 351 g/mol. The third-order valence-corrected chi connectivity index (χ3v) is 3.72. The number of fused-ring (bicyclic) bond motifs is 1. The van der Waals surface area contributed by atoms with E-state index in [0.717, 1.165) is 11.5 Å². The van der Waals surface area contributed by atoms with Crippen LogP contribution in [0.3, 0.4) is 0 Å². The summed E-state index contributed by atoms with van der Waals surface area (Å²) in [4.78, 5) is 4.39. The molecule has 0 unspecified atom stereocenters. The van der Waals surface area contributed by atoms with Gasteiger partial charge in [-0.15, -0.1) is 10.2 Å². The zero-order valence-corrected chi connectivity index (χ0v) is 14.3. The lowest BCUT2D eigenvalue weighted by molar-refractivity contribution is 0.610. The lowest BCUT2D eigenvalue weighted by atomic mass is 10.1. The molecule has 1 aromatic carbocycles. The van der Waals surface area contributed by atoms with Gasteiger partial charge in [-0.25, -0.2) is 9.38 Å². The summed E-state index contributed by atoms with van der Waals surface area (Å²) in [6.45, 7) is 3.14. The fraction of sp³-hybridized carbons (Fsp3) is 0.222. The van der Waals surface area contributed by atoms with Gasteiger partial charge in [0.05, 0.1) is 24.7 Å². The second-order valence-corrected chi connectivity index (χ2v) is 5.51. The normalized spacial score (nSPS) is 11.3. The molecular weight excluding hydrogens is 333 g/mol. The van der Waals surface area contributed by atoms with Crippen molar-refractivity contribution in [2.45, 2.75) is 20.0 Å². The molecule has 2 N–H and O–H groups in total. The Hall–Kier alpha value is -3.47. The first kappa shape index (κ1) is 17.4. The van der Waals surface area contributed by atoms with Gasteiger partial charge in [-0.2, -0.15) is 5.26 Å². The molecule has 0 aliphatic carbocycles. The summed E-state index contributed by atoms with van der Waals surface area (Å²) >= 11 is 0. The molecule has 0 aliphatic heterocycles. The van der Waals surface area contributed by atoms with Crippen LogP contribution in [-0.2, 0) is 13.1 Å². The summed E-state index contributed by atoms with van der Waals surface area (Å²) in [5, 5.41) is 23.5. The van der Waals surface area contributed by atoms with E-state index in [4.69, 9.17) is 5.26 Å². The largest absolute Gasteiger partial charge is 0.357 e. The van der Waals surface area contributed by atoms with Gasteiger partial charge in [-0.05, 0) is 37.3 Å². The first-order chi connectivity index (χ1) is 12.7. The van der Waals surface area contributed by atoms with E-state index >= 15 is 0 Å². The van der Waals surface area contributed by atoms with Gasteiger partial charge in [0.15, 0.2) is 17.4 Å². The van der Waals surface area contributed by atoms with Crippen molar-refractivity contribution >= 4 is 11.6 Å². The number of aliphatic imine (C=N–C) groups is 1. The minimum absolute atomic E-state index is 0.122. The molecule has 7 nitrogen and oxygen atoms in total. The summed E-state index contributed by atoms with van der Waals surface area (Å²) in [7, 11) is 0. The van der Waals surface area contributed by atoms with Crippen LogP contribution in [0.1, 0.15) is 23.9 Å². The molecule has 0 radical (unpaired) electrons. The topological polar surface area (TPSA) is 90.4 Å². The standard InChI is InChI=1S/C18H18FN7/c1-2-21-18(22-11-14-9-13(10-20)6-7-15(14)19)23-12-17-25-24-16-5-3-4-8-26(16)17/h3-9H,2,11-12H2,1H3,(H2,21,22,23). The van der Waals surface area contributed by atoms with Crippen molar-refractivity contribution in [2.24, 2.45) is 4.99 Å². The van der Waals surface area contributed by atoms with Gasteiger partial charge in [0.25, 0.3) is 0 Å². The molecule has 2 aromatic heterocycles. The van der Waals surface area contributed by atoms with Gasteiger partial charge in [0, 0.05) is 18.3 Å². The number of hydrogen-bond acceptors (Lipinski definition) is 4. The monoisotopic (exact) mass is 351 g/mol. The van der Waals surface area contributed by atoms with E-state index in [9.17, 15) is 4.39 Å². The molecule has 2 heterocycles. The van der Waals surface area contributed by atoms with Crippen LogP contribution < -0.4 is 10.6 Å². The number of nitrogens with one attached hydrogen (secondary N) is 2. The van der Waals surface area contributed by atoms with E-state index in [2.05, 4.69) is 25.8 Å². The molecule has 0 fully saturated rings. The number of pyridine rings is 1. The van der Waals surface area contributed by atoms with Gasteiger partial charge in [-0.3, -0.25) is 4.40 Å². The Bertz CT molecular complexity index is 971. The Morgan fingerprint density at radius 2 is 2.15 bits per heavy atom. The molecular formula is C18H18FN7. The van der Waals surface area contributed by atoms with Gasteiger partial charge in [0.2, 0.25) is 0 Å². The molecule has 26 heavy (non-hydrogen) atoms. The lowest BCUT2D eigenvalue weighted by Gasteiger charge is -2.11. The van der Waals surface area contributed by atoms with Crippen LogP contribution >= 0.6 is 0 Å². The Morgan fingerprint density at radius 1 is 1.27 bits per heavy atom. The predicted molar refractivity (Wildman–Crippen MR) is 95.8 cm³/mol. The highest BCUT2D eigenvalue weighted by atomic mass is 19.1. The van der Waals surface area contributed by atoms with Crippen molar-refractivity contribution in [1.29, 1.82) is 5.26 Å². The molecule has 0 saturated heterocycles.